The zero-order valence-electron chi connectivity index (χ0n) is 33.2. The van der Waals surface area contributed by atoms with Crippen molar-refractivity contribution >= 4 is 38.9 Å². The smallest absolute Gasteiger partial charge is 0.0547 e. The van der Waals surface area contributed by atoms with E-state index in [0.29, 0.717) is 0 Å². The third-order valence-electron chi connectivity index (χ3n) is 12.4. The highest BCUT2D eigenvalue weighted by molar-refractivity contribution is 6.10. The summed E-state index contributed by atoms with van der Waals surface area (Å²) in [5.74, 6) is 0. The number of rotatable bonds is 7. The molecule has 0 atom stereocenters. The third kappa shape index (κ3) is 5.87. The van der Waals surface area contributed by atoms with Gasteiger partial charge in [0.1, 0.15) is 0 Å². The first-order chi connectivity index (χ1) is 29.0. The van der Waals surface area contributed by atoms with Crippen LogP contribution in [0.3, 0.4) is 0 Å². The predicted octanol–water partition coefficient (Wildman–Crippen LogP) is 15.6. The fourth-order valence-electron chi connectivity index (χ4n) is 9.42. The second-order valence-electron chi connectivity index (χ2n) is 16.2. The molecule has 0 spiro atoms. The molecule has 0 saturated carbocycles. The molecule has 1 aliphatic rings. The molecule has 1 heterocycles. The standard InChI is InChI=1S/C57H42N2/c1-57(2)53-24-14-12-22-49(53)50-33-31-47(38-54(50)57)58(46-29-26-41(27-30-46)39-16-6-3-7-17-39)48-35-43(40-18-8-4-9-19-40)34-44(36-48)42-28-32-52-51-23-13-15-25-55(51)59(56(52)37-42)45-20-10-5-11-21-45/h3-38H,1-2H3. The van der Waals surface area contributed by atoms with Crippen LogP contribution in [0.15, 0.2) is 218 Å². The van der Waals surface area contributed by atoms with Crippen LogP contribution < -0.4 is 4.90 Å². The molecule has 0 fully saturated rings. The maximum Gasteiger partial charge on any atom is 0.0547 e. The van der Waals surface area contributed by atoms with Gasteiger partial charge in [0.2, 0.25) is 0 Å². The highest BCUT2D eigenvalue weighted by atomic mass is 15.1. The van der Waals surface area contributed by atoms with Crippen LogP contribution in [-0.2, 0) is 5.41 Å². The largest absolute Gasteiger partial charge is 0.310 e. The quantitative estimate of drug-likeness (QED) is 0.157. The molecule has 2 heteroatoms. The van der Waals surface area contributed by atoms with Gasteiger partial charge in [-0.25, -0.2) is 0 Å². The zero-order valence-corrected chi connectivity index (χ0v) is 33.2. The summed E-state index contributed by atoms with van der Waals surface area (Å²) in [5, 5.41) is 2.50. The van der Waals surface area contributed by atoms with E-state index in [0.717, 1.165) is 28.3 Å². The number of para-hydroxylation sites is 2. The van der Waals surface area contributed by atoms with Crippen molar-refractivity contribution in [2.24, 2.45) is 0 Å². The lowest BCUT2D eigenvalue weighted by molar-refractivity contribution is 0.660. The van der Waals surface area contributed by atoms with Gasteiger partial charge < -0.3 is 9.47 Å². The van der Waals surface area contributed by atoms with Gasteiger partial charge in [-0.2, -0.15) is 0 Å². The summed E-state index contributed by atoms with van der Waals surface area (Å²) >= 11 is 0. The molecule has 2 nitrogen and oxygen atoms in total. The van der Waals surface area contributed by atoms with Crippen molar-refractivity contribution < 1.29 is 0 Å². The van der Waals surface area contributed by atoms with Gasteiger partial charge in [-0.1, -0.05) is 166 Å². The first kappa shape index (κ1) is 34.8. The molecule has 1 aromatic heterocycles. The number of fused-ring (bicyclic) bond motifs is 6. The van der Waals surface area contributed by atoms with E-state index in [-0.39, 0.29) is 5.41 Å². The van der Waals surface area contributed by atoms with Crippen molar-refractivity contribution in [3.63, 3.8) is 0 Å². The Morgan fingerprint density at radius 2 is 0.881 bits per heavy atom. The molecule has 0 unspecified atom stereocenters. The lowest BCUT2D eigenvalue weighted by atomic mass is 9.82. The number of hydrogen-bond donors (Lipinski definition) is 0. The molecule has 0 aliphatic heterocycles. The summed E-state index contributed by atoms with van der Waals surface area (Å²) in [7, 11) is 0. The Labute approximate surface area is 345 Å². The lowest BCUT2D eigenvalue weighted by Gasteiger charge is -2.29. The summed E-state index contributed by atoms with van der Waals surface area (Å²) in [5.41, 5.74) is 19.2. The van der Waals surface area contributed by atoms with E-state index in [9.17, 15) is 0 Å². The van der Waals surface area contributed by atoms with E-state index in [1.807, 2.05) is 0 Å². The first-order valence-corrected chi connectivity index (χ1v) is 20.5. The highest BCUT2D eigenvalue weighted by Crippen LogP contribution is 2.51. The Kier molecular flexibility index (Phi) is 8.20. The minimum absolute atomic E-state index is 0.131. The van der Waals surface area contributed by atoms with Crippen LogP contribution >= 0.6 is 0 Å². The van der Waals surface area contributed by atoms with E-state index in [2.05, 4.69) is 242 Å². The molecule has 280 valence electrons. The van der Waals surface area contributed by atoms with Gasteiger partial charge in [0.25, 0.3) is 0 Å². The van der Waals surface area contributed by atoms with Crippen molar-refractivity contribution in [1.82, 2.24) is 4.57 Å². The Balaban J connectivity index is 1.13. The average Bonchev–Trinajstić information content (AvgIpc) is 3.75. The SMILES string of the molecule is CC1(C)c2ccccc2-c2ccc(N(c3ccc(-c4ccccc4)cc3)c3cc(-c4ccccc4)cc(-c4ccc5c6ccccc6n(-c6ccccc6)c5c4)c3)cc21. The maximum absolute atomic E-state index is 2.45. The van der Waals surface area contributed by atoms with Crippen LogP contribution in [0.5, 0.6) is 0 Å². The predicted molar refractivity (Wildman–Crippen MR) is 249 cm³/mol. The average molecular weight is 755 g/mol. The number of anilines is 3. The fourth-order valence-corrected chi connectivity index (χ4v) is 9.42. The second-order valence-corrected chi connectivity index (χ2v) is 16.2. The fraction of sp³-hybridized carbons (Fsp3) is 0.0526. The van der Waals surface area contributed by atoms with E-state index in [1.54, 1.807) is 0 Å². The van der Waals surface area contributed by atoms with Gasteiger partial charge in [0.15, 0.2) is 0 Å². The molecule has 10 aromatic rings. The van der Waals surface area contributed by atoms with Gasteiger partial charge in [-0.05, 0) is 122 Å². The van der Waals surface area contributed by atoms with Gasteiger partial charge >= 0.3 is 0 Å². The Bertz CT molecular complexity index is 3160. The molecule has 0 radical (unpaired) electrons. The van der Waals surface area contributed by atoms with Crippen molar-refractivity contribution in [1.29, 1.82) is 0 Å². The topological polar surface area (TPSA) is 8.17 Å². The molecule has 0 bridgehead atoms. The van der Waals surface area contributed by atoms with Crippen LogP contribution in [-0.4, -0.2) is 4.57 Å². The number of nitrogens with zero attached hydrogens (tertiary/aromatic N) is 2. The monoisotopic (exact) mass is 754 g/mol. The molecule has 0 amide bonds. The lowest BCUT2D eigenvalue weighted by Crippen LogP contribution is -2.16. The molecule has 1 aliphatic carbocycles. The Hall–Kier alpha value is -7.42. The number of aromatic nitrogens is 1. The van der Waals surface area contributed by atoms with Crippen molar-refractivity contribution in [2.45, 2.75) is 19.3 Å². The molecule has 9 aromatic carbocycles. The molecular formula is C57H42N2. The second kappa shape index (κ2) is 13.9. The normalized spacial score (nSPS) is 12.7. The summed E-state index contributed by atoms with van der Waals surface area (Å²) in [6.45, 7) is 4.72. The van der Waals surface area contributed by atoms with Crippen molar-refractivity contribution in [3.05, 3.63) is 230 Å². The minimum atomic E-state index is -0.131. The molecule has 0 N–H and O–H groups in total. The van der Waals surface area contributed by atoms with Crippen LogP contribution in [0.1, 0.15) is 25.0 Å². The third-order valence-corrected chi connectivity index (χ3v) is 12.4. The van der Waals surface area contributed by atoms with E-state index in [4.69, 9.17) is 0 Å². The molecular weight excluding hydrogens is 713 g/mol. The van der Waals surface area contributed by atoms with E-state index >= 15 is 0 Å². The first-order valence-electron chi connectivity index (χ1n) is 20.5. The summed E-state index contributed by atoms with van der Waals surface area (Å²) in [6, 6.07) is 80.0. The summed E-state index contributed by atoms with van der Waals surface area (Å²) in [4.78, 5) is 2.45. The van der Waals surface area contributed by atoms with Gasteiger partial charge in [-0.15, -0.1) is 0 Å². The van der Waals surface area contributed by atoms with Crippen LogP contribution in [0.4, 0.5) is 17.1 Å². The molecule has 59 heavy (non-hydrogen) atoms. The highest BCUT2D eigenvalue weighted by Gasteiger charge is 2.35. The summed E-state index contributed by atoms with van der Waals surface area (Å²) in [6.07, 6.45) is 0. The number of benzene rings is 9. The van der Waals surface area contributed by atoms with Crippen molar-refractivity contribution in [2.75, 3.05) is 4.90 Å². The Morgan fingerprint density at radius 1 is 0.339 bits per heavy atom. The van der Waals surface area contributed by atoms with Crippen LogP contribution in [0, 0.1) is 0 Å². The minimum Gasteiger partial charge on any atom is -0.310 e. The summed E-state index contributed by atoms with van der Waals surface area (Å²) < 4.78 is 2.40. The van der Waals surface area contributed by atoms with Crippen LogP contribution in [0.2, 0.25) is 0 Å². The maximum atomic E-state index is 2.45. The Morgan fingerprint density at radius 3 is 1.63 bits per heavy atom. The van der Waals surface area contributed by atoms with E-state index in [1.165, 1.54) is 71.9 Å². The van der Waals surface area contributed by atoms with E-state index < -0.39 is 0 Å². The van der Waals surface area contributed by atoms with Gasteiger partial charge in [0.05, 0.1) is 11.0 Å². The molecule has 0 saturated heterocycles. The van der Waals surface area contributed by atoms with Gasteiger partial charge in [0, 0.05) is 38.9 Å². The van der Waals surface area contributed by atoms with Crippen LogP contribution in [0.25, 0.3) is 72.0 Å². The zero-order chi connectivity index (χ0) is 39.5. The molecule has 11 rings (SSSR count). The number of hydrogen-bond acceptors (Lipinski definition) is 1. The van der Waals surface area contributed by atoms with Crippen molar-refractivity contribution in [3.8, 4) is 50.2 Å². The van der Waals surface area contributed by atoms with Gasteiger partial charge in [-0.3, -0.25) is 0 Å².